The van der Waals surface area contributed by atoms with E-state index in [2.05, 4.69) is 34.5 Å². The Morgan fingerprint density at radius 1 is 1.23 bits per heavy atom. The zero-order valence-electron chi connectivity index (χ0n) is 16.0. The maximum Gasteiger partial charge on any atom is 0.217 e. The number of benzene rings is 1. The lowest BCUT2D eigenvalue weighted by atomic mass is 9.73. The van der Waals surface area contributed by atoms with E-state index >= 15 is 0 Å². The molecule has 1 saturated heterocycles. The smallest absolute Gasteiger partial charge is 0.217 e. The number of piperidine rings is 1. The van der Waals surface area contributed by atoms with Crippen LogP contribution in [0.5, 0.6) is 0 Å². The highest BCUT2D eigenvalue weighted by atomic mass is 16.1. The van der Waals surface area contributed by atoms with Crippen LogP contribution in [0.15, 0.2) is 24.3 Å². The molecule has 0 aromatic heterocycles. The monoisotopic (exact) mass is 354 g/mol. The summed E-state index contributed by atoms with van der Waals surface area (Å²) in [6.07, 6.45) is 9.62. The number of likely N-dealkylation sites (tertiary alicyclic amines) is 1. The van der Waals surface area contributed by atoms with Crippen molar-refractivity contribution in [3.63, 3.8) is 0 Å². The maximum atomic E-state index is 11.7. The van der Waals surface area contributed by atoms with Crippen molar-refractivity contribution in [1.82, 2.24) is 10.2 Å². The highest BCUT2D eigenvalue weighted by molar-refractivity contribution is 5.73. The molecule has 142 valence electrons. The van der Waals surface area contributed by atoms with Gasteiger partial charge in [0.25, 0.3) is 0 Å². The molecule has 1 spiro atoms. The van der Waals surface area contributed by atoms with Crippen molar-refractivity contribution in [2.45, 2.75) is 63.3 Å². The van der Waals surface area contributed by atoms with Crippen LogP contribution in [0, 0.1) is 17.8 Å². The Kier molecular flexibility index (Phi) is 4.11. The number of carbonyl (C=O) groups excluding carboxylic acids is 1. The van der Waals surface area contributed by atoms with Gasteiger partial charge in [-0.2, -0.15) is 0 Å². The van der Waals surface area contributed by atoms with E-state index in [0.717, 1.165) is 24.2 Å². The van der Waals surface area contributed by atoms with Crippen LogP contribution in [-0.4, -0.2) is 30.4 Å². The molecular weight excluding hydrogens is 320 g/mol. The quantitative estimate of drug-likeness (QED) is 0.878. The van der Waals surface area contributed by atoms with Gasteiger partial charge in [-0.25, -0.2) is 0 Å². The van der Waals surface area contributed by atoms with E-state index in [4.69, 9.17) is 0 Å². The summed E-state index contributed by atoms with van der Waals surface area (Å²) in [6.45, 7) is 5.45. The molecule has 1 aliphatic heterocycles. The van der Waals surface area contributed by atoms with Crippen molar-refractivity contribution in [1.29, 1.82) is 0 Å². The molecule has 1 unspecified atom stereocenters. The summed E-state index contributed by atoms with van der Waals surface area (Å²) in [4.78, 5) is 14.4. The standard InChI is InChI=1S/C23H32N2O.H2/c1-16(26)24-22-14-23(21-5-3-2-4-20(21)22)8-10-25(11-9-23)15-19-13-17-6-7-18(19)12-17;/h2-5,17-19,22H,6-15H2,1H3,(H,24,26);1H/t17-,18-,19+,22?;/m0./s1. The number of nitrogens with one attached hydrogen (secondary N) is 1. The van der Waals surface area contributed by atoms with E-state index in [1.807, 2.05) is 0 Å². The Bertz CT molecular complexity index is 697. The molecule has 0 radical (unpaired) electrons. The van der Waals surface area contributed by atoms with Crippen molar-refractivity contribution in [3.05, 3.63) is 35.4 Å². The average molecular weight is 355 g/mol. The van der Waals surface area contributed by atoms with E-state index in [1.54, 1.807) is 6.92 Å². The number of carbonyl (C=O) groups is 1. The van der Waals surface area contributed by atoms with E-state index in [9.17, 15) is 4.79 Å². The van der Waals surface area contributed by atoms with Crippen molar-refractivity contribution >= 4 is 5.91 Å². The fourth-order valence-corrected chi connectivity index (χ4v) is 6.84. The topological polar surface area (TPSA) is 32.3 Å². The predicted molar refractivity (Wildman–Crippen MR) is 106 cm³/mol. The molecule has 3 heteroatoms. The molecule has 4 aliphatic rings. The Hall–Kier alpha value is -1.35. The molecule has 1 amide bonds. The van der Waals surface area contributed by atoms with Crippen LogP contribution in [0.3, 0.4) is 0 Å². The lowest BCUT2D eigenvalue weighted by molar-refractivity contribution is -0.119. The van der Waals surface area contributed by atoms with Gasteiger partial charge in [-0.15, -0.1) is 0 Å². The van der Waals surface area contributed by atoms with Crippen LogP contribution in [0.2, 0.25) is 0 Å². The second-order valence-electron chi connectivity index (χ2n) is 9.56. The van der Waals surface area contributed by atoms with Crippen molar-refractivity contribution in [3.8, 4) is 0 Å². The summed E-state index contributed by atoms with van der Waals surface area (Å²) in [5.74, 6) is 3.16. The van der Waals surface area contributed by atoms with Gasteiger partial charge >= 0.3 is 0 Å². The Labute approximate surface area is 159 Å². The lowest BCUT2D eigenvalue weighted by Crippen LogP contribution is -2.44. The third kappa shape index (κ3) is 2.79. The van der Waals surface area contributed by atoms with Crippen molar-refractivity contribution in [2.24, 2.45) is 17.8 Å². The van der Waals surface area contributed by atoms with Crippen LogP contribution in [0.4, 0.5) is 0 Å². The molecule has 3 aliphatic carbocycles. The van der Waals surface area contributed by atoms with Gasteiger partial charge in [0.1, 0.15) is 0 Å². The van der Waals surface area contributed by atoms with Gasteiger partial charge in [-0.1, -0.05) is 30.7 Å². The molecule has 3 fully saturated rings. The molecule has 26 heavy (non-hydrogen) atoms. The minimum absolute atomic E-state index is 0. The fourth-order valence-electron chi connectivity index (χ4n) is 6.84. The first-order valence-corrected chi connectivity index (χ1v) is 10.7. The number of rotatable bonds is 3. The van der Waals surface area contributed by atoms with E-state index in [-0.39, 0.29) is 18.8 Å². The van der Waals surface area contributed by atoms with Crippen LogP contribution in [0.25, 0.3) is 0 Å². The summed E-state index contributed by atoms with van der Waals surface area (Å²) in [6, 6.07) is 9.06. The van der Waals surface area contributed by atoms with Gasteiger partial charge in [0.05, 0.1) is 6.04 Å². The fraction of sp³-hybridized carbons (Fsp3) is 0.696. The van der Waals surface area contributed by atoms with E-state index < -0.39 is 0 Å². The number of hydrogen-bond acceptors (Lipinski definition) is 2. The maximum absolute atomic E-state index is 11.7. The Balaban J connectivity index is 0.00000180. The Morgan fingerprint density at radius 2 is 2.04 bits per heavy atom. The normalized spacial score (nSPS) is 35.0. The molecule has 1 aromatic rings. The number of amides is 1. The summed E-state index contributed by atoms with van der Waals surface area (Å²) in [5.41, 5.74) is 3.16. The van der Waals surface area contributed by atoms with E-state index in [1.165, 1.54) is 69.3 Å². The Morgan fingerprint density at radius 3 is 2.73 bits per heavy atom. The van der Waals surface area contributed by atoms with Crippen LogP contribution in [-0.2, 0) is 10.2 Å². The van der Waals surface area contributed by atoms with Crippen LogP contribution < -0.4 is 5.32 Å². The van der Waals surface area contributed by atoms with Crippen LogP contribution >= 0.6 is 0 Å². The molecule has 3 nitrogen and oxygen atoms in total. The first kappa shape index (κ1) is 16.8. The van der Waals surface area contributed by atoms with Crippen molar-refractivity contribution in [2.75, 3.05) is 19.6 Å². The van der Waals surface area contributed by atoms with Gasteiger partial charge in [-0.3, -0.25) is 4.79 Å². The summed E-state index contributed by atoms with van der Waals surface area (Å²) >= 11 is 0. The van der Waals surface area contributed by atoms with Gasteiger partial charge < -0.3 is 10.2 Å². The van der Waals surface area contributed by atoms with Crippen molar-refractivity contribution < 1.29 is 6.22 Å². The summed E-state index contributed by atoms with van der Waals surface area (Å²) in [7, 11) is 0. The number of nitrogens with zero attached hydrogens (tertiary/aromatic N) is 1. The third-order valence-electron chi connectivity index (χ3n) is 8.07. The zero-order chi connectivity index (χ0) is 17.7. The molecular formula is C23H34N2O. The molecule has 5 rings (SSSR count). The lowest BCUT2D eigenvalue weighted by Gasteiger charge is -2.42. The number of hydrogen-bond donors (Lipinski definition) is 1. The minimum Gasteiger partial charge on any atom is -0.349 e. The SMILES string of the molecule is CC(=O)NC1CC2(CCN(C[C@H]3C[C@H]4CC[C@H]3C4)CC2)c2ccccc21.[HH]. The van der Waals surface area contributed by atoms with Crippen LogP contribution in [0.1, 0.15) is 70.5 Å². The largest absolute Gasteiger partial charge is 0.349 e. The average Bonchev–Trinajstić information content (AvgIpc) is 3.32. The first-order valence-electron chi connectivity index (χ1n) is 10.7. The third-order valence-corrected chi connectivity index (χ3v) is 8.07. The highest BCUT2D eigenvalue weighted by Gasteiger charge is 2.46. The number of fused-ring (bicyclic) bond motifs is 4. The minimum atomic E-state index is 0. The highest BCUT2D eigenvalue weighted by Crippen LogP contribution is 2.52. The molecule has 2 bridgehead atoms. The molecule has 4 atom stereocenters. The van der Waals surface area contributed by atoms with Gasteiger partial charge in [0.15, 0.2) is 0 Å². The second-order valence-corrected chi connectivity index (χ2v) is 9.56. The summed E-state index contributed by atoms with van der Waals surface area (Å²) < 4.78 is 0. The molecule has 1 N–H and O–H groups in total. The predicted octanol–water partition coefficient (Wildman–Crippen LogP) is 4.28. The molecule has 1 aromatic carbocycles. The van der Waals surface area contributed by atoms with Gasteiger partial charge in [0, 0.05) is 20.3 Å². The summed E-state index contributed by atoms with van der Waals surface area (Å²) in [5, 5.41) is 3.21. The first-order chi connectivity index (χ1) is 12.6. The van der Waals surface area contributed by atoms with Gasteiger partial charge in [0.2, 0.25) is 5.91 Å². The zero-order valence-corrected chi connectivity index (χ0v) is 16.0. The van der Waals surface area contributed by atoms with E-state index in [0.29, 0.717) is 0 Å². The second kappa shape index (κ2) is 6.37. The molecule has 1 heterocycles. The molecule has 2 saturated carbocycles. The van der Waals surface area contributed by atoms with Gasteiger partial charge in [-0.05, 0) is 80.5 Å².